The van der Waals surface area contributed by atoms with Gasteiger partial charge in [-0.05, 0) is 38.3 Å². The Hall–Kier alpha value is -3.29. The SMILES string of the molecule is Cc1cc(C)c(N2C(=O)NC(=O)[C@@H](C=NCCCn3ccnc3)C2=O)c(C)c1. The van der Waals surface area contributed by atoms with Crippen LogP contribution >= 0.6 is 0 Å². The lowest BCUT2D eigenvalue weighted by molar-refractivity contribution is -0.131. The number of rotatable bonds is 6. The van der Waals surface area contributed by atoms with Crippen molar-refractivity contribution >= 4 is 29.7 Å². The fourth-order valence-electron chi connectivity index (χ4n) is 3.40. The number of aromatic nitrogens is 2. The number of urea groups is 1. The van der Waals surface area contributed by atoms with Crippen LogP contribution < -0.4 is 10.2 Å². The molecule has 1 atom stereocenters. The van der Waals surface area contributed by atoms with Crippen LogP contribution in [0.25, 0.3) is 0 Å². The molecule has 1 aliphatic rings. The lowest BCUT2D eigenvalue weighted by atomic mass is 10.0. The molecule has 0 aliphatic carbocycles. The summed E-state index contributed by atoms with van der Waals surface area (Å²) in [5.74, 6) is -2.35. The predicted molar refractivity (Wildman–Crippen MR) is 105 cm³/mol. The minimum atomic E-state index is -1.12. The first-order chi connectivity index (χ1) is 13.4. The number of carbonyl (C=O) groups excluding carboxylic acids is 3. The van der Waals surface area contributed by atoms with Crippen molar-refractivity contribution in [2.75, 3.05) is 11.4 Å². The fourth-order valence-corrected chi connectivity index (χ4v) is 3.40. The van der Waals surface area contributed by atoms with Gasteiger partial charge < -0.3 is 4.57 Å². The largest absolute Gasteiger partial charge is 0.337 e. The van der Waals surface area contributed by atoms with Crippen LogP contribution in [0.1, 0.15) is 23.1 Å². The van der Waals surface area contributed by atoms with Gasteiger partial charge in [-0.1, -0.05) is 17.7 Å². The number of aliphatic imine (C=N–C) groups is 1. The number of imidazole rings is 1. The summed E-state index contributed by atoms with van der Waals surface area (Å²) < 4.78 is 1.93. The topological polar surface area (TPSA) is 96.7 Å². The number of barbiturate groups is 1. The molecular weight excluding hydrogens is 358 g/mol. The Kier molecular flexibility index (Phi) is 5.67. The highest BCUT2D eigenvalue weighted by Crippen LogP contribution is 2.29. The number of hydrogen-bond acceptors (Lipinski definition) is 5. The molecule has 1 aliphatic heterocycles. The standard InChI is InChI=1S/C20H23N5O3/c1-13-9-14(2)17(15(3)10-13)25-19(27)16(18(26)23-20(25)28)11-21-5-4-7-24-8-6-22-12-24/h6,8-12,16H,4-5,7H2,1-3H3,(H,23,26,28)/t16-/m1/s1. The van der Waals surface area contributed by atoms with Crippen molar-refractivity contribution < 1.29 is 14.4 Å². The van der Waals surface area contributed by atoms with Crippen LogP contribution in [0, 0.1) is 26.7 Å². The minimum Gasteiger partial charge on any atom is -0.337 e. The highest BCUT2D eigenvalue weighted by atomic mass is 16.2. The van der Waals surface area contributed by atoms with E-state index in [0.29, 0.717) is 12.2 Å². The lowest BCUT2D eigenvalue weighted by Crippen LogP contribution is -2.59. The molecule has 0 bridgehead atoms. The zero-order valence-electron chi connectivity index (χ0n) is 16.2. The molecule has 1 aromatic heterocycles. The number of imide groups is 2. The number of benzene rings is 1. The first-order valence-corrected chi connectivity index (χ1v) is 9.11. The summed E-state index contributed by atoms with van der Waals surface area (Å²) in [6.07, 6.45) is 7.36. The molecule has 0 spiro atoms. The summed E-state index contributed by atoms with van der Waals surface area (Å²) in [5.41, 5.74) is 3.15. The molecule has 8 nitrogen and oxygen atoms in total. The van der Waals surface area contributed by atoms with Crippen LogP contribution in [0.3, 0.4) is 0 Å². The van der Waals surface area contributed by atoms with Crippen LogP contribution in [0.15, 0.2) is 35.8 Å². The van der Waals surface area contributed by atoms with Gasteiger partial charge in [0.2, 0.25) is 5.91 Å². The average molecular weight is 381 g/mol. The Morgan fingerprint density at radius 1 is 1.18 bits per heavy atom. The lowest BCUT2D eigenvalue weighted by Gasteiger charge is -2.30. The van der Waals surface area contributed by atoms with E-state index >= 15 is 0 Å². The second-order valence-corrected chi connectivity index (χ2v) is 6.90. The zero-order valence-corrected chi connectivity index (χ0v) is 16.2. The molecule has 1 N–H and O–H groups in total. The molecule has 2 heterocycles. The van der Waals surface area contributed by atoms with E-state index in [1.54, 1.807) is 12.5 Å². The van der Waals surface area contributed by atoms with Gasteiger partial charge in [0.1, 0.15) is 0 Å². The van der Waals surface area contributed by atoms with Gasteiger partial charge in [0, 0.05) is 31.7 Å². The molecule has 0 saturated carbocycles. The summed E-state index contributed by atoms with van der Waals surface area (Å²) >= 11 is 0. The predicted octanol–water partition coefficient (Wildman–Crippen LogP) is 2.17. The first-order valence-electron chi connectivity index (χ1n) is 9.11. The van der Waals surface area contributed by atoms with Crippen molar-refractivity contribution in [3.8, 4) is 0 Å². The molecule has 2 aromatic rings. The van der Waals surface area contributed by atoms with Gasteiger partial charge in [-0.25, -0.2) is 14.7 Å². The van der Waals surface area contributed by atoms with Crippen LogP contribution in [-0.4, -0.2) is 40.2 Å². The molecule has 0 radical (unpaired) electrons. The fraction of sp³-hybridized carbons (Fsp3) is 0.350. The van der Waals surface area contributed by atoms with E-state index in [9.17, 15) is 14.4 Å². The third kappa shape index (κ3) is 4.00. The van der Waals surface area contributed by atoms with Gasteiger partial charge in [-0.2, -0.15) is 0 Å². The number of carbonyl (C=O) groups is 3. The third-order valence-electron chi connectivity index (χ3n) is 4.58. The van der Waals surface area contributed by atoms with E-state index in [1.807, 2.05) is 43.7 Å². The van der Waals surface area contributed by atoms with Crippen molar-refractivity contribution in [3.63, 3.8) is 0 Å². The van der Waals surface area contributed by atoms with E-state index < -0.39 is 23.8 Å². The van der Waals surface area contributed by atoms with Gasteiger partial charge in [-0.15, -0.1) is 0 Å². The molecular formula is C20H23N5O3. The normalized spacial score (nSPS) is 17.5. The quantitative estimate of drug-likeness (QED) is 0.471. The summed E-state index contributed by atoms with van der Waals surface area (Å²) in [6, 6.07) is 3.08. The van der Waals surface area contributed by atoms with Crippen LogP contribution in [0.2, 0.25) is 0 Å². The van der Waals surface area contributed by atoms with Crippen LogP contribution in [0.4, 0.5) is 10.5 Å². The average Bonchev–Trinajstić information content (AvgIpc) is 3.12. The maximum atomic E-state index is 12.9. The maximum absolute atomic E-state index is 12.9. The Morgan fingerprint density at radius 3 is 2.54 bits per heavy atom. The molecule has 3 rings (SSSR count). The molecule has 1 fully saturated rings. The molecule has 28 heavy (non-hydrogen) atoms. The molecule has 1 aromatic carbocycles. The highest BCUT2D eigenvalue weighted by Gasteiger charge is 2.41. The number of nitrogens with one attached hydrogen (secondary N) is 1. The molecule has 0 unspecified atom stereocenters. The Morgan fingerprint density at radius 2 is 1.89 bits per heavy atom. The number of hydrogen-bond donors (Lipinski definition) is 1. The second kappa shape index (κ2) is 8.16. The Bertz CT molecular complexity index is 910. The number of anilines is 1. The molecule has 8 heteroatoms. The van der Waals surface area contributed by atoms with E-state index in [4.69, 9.17) is 0 Å². The van der Waals surface area contributed by atoms with Crippen molar-refractivity contribution in [2.45, 2.75) is 33.7 Å². The van der Waals surface area contributed by atoms with Gasteiger partial charge in [0.25, 0.3) is 5.91 Å². The van der Waals surface area contributed by atoms with Crippen molar-refractivity contribution in [1.29, 1.82) is 0 Å². The number of nitrogens with zero attached hydrogens (tertiary/aromatic N) is 4. The van der Waals surface area contributed by atoms with Crippen molar-refractivity contribution in [2.24, 2.45) is 10.9 Å². The summed E-state index contributed by atoms with van der Waals surface area (Å²) in [4.78, 5) is 46.7. The first kappa shape index (κ1) is 19.5. The third-order valence-corrected chi connectivity index (χ3v) is 4.58. The van der Waals surface area contributed by atoms with Gasteiger partial charge in [-0.3, -0.25) is 19.9 Å². The minimum absolute atomic E-state index is 0.464. The molecule has 146 valence electrons. The van der Waals surface area contributed by atoms with Crippen molar-refractivity contribution in [1.82, 2.24) is 14.9 Å². The summed E-state index contributed by atoms with van der Waals surface area (Å²) in [7, 11) is 0. The van der Waals surface area contributed by atoms with E-state index in [0.717, 1.165) is 34.6 Å². The van der Waals surface area contributed by atoms with Gasteiger partial charge >= 0.3 is 6.03 Å². The number of amides is 4. The maximum Gasteiger partial charge on any atom is 0.335 e. The van der Waals surface area contributed by atoms with E-state index in [1.165, 1.54) is 6.21 Å². The van der Waals surface area contributed by atoms with Crippen LogP contribution in [0.5, 0.6) is 0 Å². The Labute approximate surface area is 163 Å². The smallest absolute Gasteiger partial charge is 0.335 e. The Balaban J connectivity index is 1.74. The molecule has 1 saturated heterocycles. The van der Waals surface area contributed by atoms with Crippen molar-refractivity contribution in [3.05, 3.63) is 47.5 Å². The van der Waals surface area contributed by atoms with Gasteiger partial charge in [0.15, 0.2) is 5.92 Å². The number of aryl methyl sites for hydroxylation is 4. The van der Waals surface area contributed by atoms with Crippen LogP contribution in [-0.2, 0) is 16.1 Å². The zero-order chi connectivity index (χ0) is 20.3. The van der Waals surface area contributed by atoms with E-state index in [-0.39, 0.29) is 0 Å². The monoisotopic (exact) mass is 381 g/mol. The molecule has 4 amide bonds. The second-order valence-electron chi connectivity index (χ2n) is 6.90. The van der Waals surface area contributed by atoms with E-state index in [2.05, 4.69) is 15.3 Å². The highest BCUT2D eigenvalue weighted by molar-refractivity contribution is 6.32. The van der Waals surface area contributed by atoms with Gasteiger partial charge in [0.05, 0.1) is 12.0 Å². The summed E-state index contributed by atoms with van der Waals surface area (Å²) in [5, 5.41) is 2.26. The summed E-state index contributed by atoms with van der Waals surface area (Å²) in [6.45, 7) is 6.84.